The molecule has 2 bridgehead atoms. The van der Waals surface area contributed by atoms with Crippen LogP contribution in [0.4, 0.5) is 0 Å². The van der Waals surface area contributed by atoms with Gasteiger partial charge in [-0.1, -0.05) is 12.1 Å². The minimum atomic E-state index is 0.00416. The molecular weight excluding hydrogens is 238 g/mol. The first kappa shape index (κ1) is 12.7. The van der Waals surface area contributed by atoms with Gasteiger partial charge in [-0.3, -0.25) is 4.79 Å². The molecule has 0 unspecified atom stereocenters. The van der Waals surface area contributed by atoms with Crippen LogP contribution in [0.5, 0.6) is 5.75 Å². The highest BCUT2D eigenvalue weighted by Crippen LogP contribution is 2.73. The molecular formula is C16H21NO2. The summed E-state index contributed by atoms with van der Waals surface area (Å²) < 4.78 is 5.19. The van der Waals surface area contributed by atoms with E-state index in [9.17, 15) is 4.79 Å². The van der Waals surface area contributed by atoms with Gasteiger partial charge in [-0.15, -0.1) is 0 Å². The lowest BCUT2D eigenvalue weighted by molar-refractivity contribution is -0.174. The maximum Gasteiger partial charge on any atom is 0.153 e. The Morgan fingerprint density at radius 3 is 2.26 bits per heavy atom. The first-order valence-corrected chi connectivity index (χ1v) is 6.82. The molecule has 0 spiro atoms. The Morgan fingerprint density at radius 1 is 1.21 bits per heavy atom. The average molecular weight is 259 g/mol. The van der Waals surface area contributed by atoms with Crippen molar-refractivity contribution in [3.8, 4) is 5.75 Å². The molecule has 0 radical (unpaired) electrons. The third kappa shape index (κ3) is 1.79. The minimum absolute atomic E-state index is 0.00416. The van der Waals surface area contributed by atoms with Gasteiger partial charge >= 0.3 is 0 Å². The topological polar surface area (TPSA) is 29.5 Å². The number of Topliss-reactive ketones (excluding diaryl/α,β-unsaturated/α-hetero) is 1. The molecule has 3 heteroatoms. The predicted octanol–water partition coefficient (Wildman–Crippen LogP) is 2.25. The minimum Gasteiger partial charge on any atom is -0.497 e. The predicted molar refractivity (Wildman–Crippen MR) is 74.5 cm³/mol. The van der Waals surface area contributed by atoms with Crippen molar-refractivity contribution in [3.63, 3.8) is 0 Å². The molecule has 3 aliphatic rings. The highest BCUT2D eigenvalue weighted by molar-refractivity contribution is 5.91. The van der Waals surface area contributed by atoms with Crippen LogP contribution in [-0.4, -0.2) is 38.4 Å². The second-order valence-electron chi connectivity index (χ2n) is 6.48. The molecule has 3 aliphatic carbocycles. The van der Waals surface area contributed by atoms with E-state index in [-0.39, 0.29) is 10.8 Å². The maximum absolute atomic E-state index is 12.2. The number of carbonyl (C=O) groups excluding carboxylic acids is 1. The molecule has 3 nitrogen and oxygen atoms in total. The Labute approximate surface area is 114 Å². The van der Waals surface area contributed by atoms with Gasteiger partial charge < -0.3 is 9.64 Å². The Kier molecular flexibility index (Phi) is 2.72. The number of rotatable bonds is 5. The number of hydrogen-bond acceptors (Lipinski definition) is 3. The van der Waals surface area contributed by atoms with Gasteiger partial charge in [-0.05, 0) is 56.5 Å². The van der Waals surface area contributed by atoms with Crippen LogP contribution in [0.3, 0.4) is 0 Å². The zero-order valence-electron chi connectivity index (χ0n) is 11.9. The molecule has 0 heterocycles. The average Bonchev–Trinajstić information content (AvgIpc) is 2.25. The molecule has 3 saturated carbocycles. The van der Waals surface area contributed by atoms with Gasteiger partial charge in [-0.2, -0.15) is 0 Å². The molecule has 19 heavy (non-hydrogen) atoms. The molecule has 1 aromatic carbocycles. The van der Waals surface area contributed by atoms with Crippen LogP contribution in [0.25, 0.3) is 0 Å². The van der Waals surface area contributed by atoms with E-state index in [2.05, 4.69) is 12.1 Å². The summed E-state index contributed by atoms with van der Waals surface area (Å²) >= 11 is 0. The van der Waals surface area contributed by atoms with Crippen LogP contribution in [0.2, 0.25) is 0 Å². The van der Waals surface area contributed by atoms with Crippen molar-refractivity contribution in [1.29, 1.82) is 0 Å². The van der Waals surface area contributed by atoms with Gasteiger partial charge in [0, 0.05) is 5.41 Å². The van der Waals surface area contributed by atoms with Crippen LogP contribution in [0, 0.1) is 5.41 Å². The van der Waals surface area contributed by atoms with Crippen molar-refractivity contribution >= 4 is 5.78 Å². The summed E-state index contributed by atoms with van der Waals surface area (Å²) in [5.41, 5.74) is 1.66. The van der Waals surface area contributed by atoms with E-state index in [4.69, 9.17) is 4.74 Å². The summed E-state index contributed by atoms with van der Waals surface area (Å²) in [6.07, 6.45) is 3.12. The molecule has 0 amide bonds. The molecule has 3 fully saturated rings. The van der Waals surface area contributed by atoms with E-state index in [1.54, 1.807) is 7.11 Å². The number of hydrogen-bond donors (Lipinski definition) is 0. The summed E-state index contributed by atoms with van der Waals surface area (Å²) in [6, 6.07) is 8.34. The highest BCUT2D eigenvalue weighted by Gasteiger charge is 2.71. The Hall–Kier alpha value is -1.35. The summed E-state index contributed by atoms with van der Waals surface area (Å²) in [5.74, 6) is 1.32. The number of benzene rings is 1. The van der Waals surface area contributed by atoms with Crippen molar-refractivity contribution in [2.45, 2.75) is 24.7 Å². The fourth-order valence-corrected chi connectivity index (χ4v) is 3.79. The van der Waals surface area contributed by atoms with E-state index in [0.29, 0.717) is 12.3 Å². The SMILES string of the molecule is COc1ccc(C23CC(C(=O)CN(C)C)(C2)C3)cc1. The second-order valence-corrected chi connectivity index (χ2v) is 6.48. The van der Waals surface area contributed by atoms with Gasteiger partial charge in [0.25, 0.3) is 0 Å². The quantitative estimate of drug-likeness (QED) is 0.812. The lowest BCUT2D eigenvalue weighted by atomic mass is 9.32. The zero-order valence-corrected chi connectivity index (χ0v) is 11.9. The van der Waals surface area contributed by atoms with Gasteiger partial charge in [-0.25, -0.2) is 0 Å². The highest BCUT2D eigenvalue weighted by atomic mass is 16.5. The van der Waals surface area contributed by atoms with Crippen LogP contribution >= 0.6 is 0 Å². The number of ether oxygens (including phenoxy) is 1. The fourth-order valence-electron chi connectivity index (χ4n) is 3.79. The normalized spacial score (nSPS) is 31.6. The third-order valence-electron chi connectivity index (χ3n) is 4.78. The van der Waals surface area contributed by atoms with Crippen LogP contribution in [0.1, 0.15) is 24.8 Å². The summed E-state index contributed by atoms with van der Waals surface area (Å²) in [4.78, 5) is 14.2. The van der Waals surface area contributed by atoms with E-state index in [1.165, 1.54) is 5.56 Å². The van der Waals surface area contributed by atoms with Crippen molar-refractivity contribution in [3.05, 3.63) is 29.8 Å². The van der Waals surface area contributed by atoms with Crippen LogP contribution in [-0.2, 0) is 10.2 Å². The molecule has 0 aromatic heterocycles. The number of ketones is 1. The Morgan fingerprint density at radius 2 is 1.79 bits per heavy atom. The first-order valence-electron chi connectivity index (χ1n) is 6.82. The zero-order chi connectivity index (χ0) is 13.7. The fraction of sp³-hybridized carbons (Fsp3) is 0.562. The number of carbonyl (C=O) groups is 1. The van der Waals surface area contributed by atoms with Crippen LogP contribution in [0.15, 0.2) is 24.3 Å². The number of likely N-dealkylation sites (N-methyl/N-ethyl adjacent to an activating group) is 1. The summed E-state index contributed by atoms with van der Waals surface area (Å²) in [7, 11) is 5.61. The van der Waals surface area contributed by atoms with Crippen molar-refractivity contribution in [1.82, 2.24) is 4.90 Å². The Bertz CT molecular complexity index is 484. The van der Waals surface area contributed by atoms with Gasteiger partial charge in [0.2, 0.25) is 0 Å². The van der Waals surface area contributed by atoms with Crippen molar-refractivity contribution in [2.24, 2.45) is 5.41 Å². The van der Waals surface area contributed by atoms with E-state index in [1.807, 2.05) is 31.1 Å². The molecule has 0 saturated heterocycles. The molecule has 102 valence electrons. The molecule has 0 aliphatic heterocycles. The van der Waals surface area contributed by atoms with Gasteiger partial charge in [0.15, 0.2) is 5.78 Å². The molecule has 0 N–H and O–H groups in total. The smallest absolute Gasteiger partial charge is 0.153 e. The van der Waals surface area contributed by atoms with Gasteiger partial charge in [0.05, 0.1) is 13.7 Å². The molecule has 0 atom stereocenters. The van der Waals surface area contributed by atoms with Crippen molar-refractivity contribution in [2.75, 3.05) is 27.7 Å². The summed E-state index contributed by atoms with van der Waals surface area (Å²) in [6.45, 7) is 0.582. The lowest BCUT2D eigenvalue weighted by Gasteiger charge is -2.70. The standard InChI is InChI=1S/C16H21NO2/c1-17(2)8-14(18)16-9-15(10-16,11-16)12-4-6-13(19-3)7-5-12/h4-7H,8-11H2,1-3H3. The maximum atomic E-state index is 12.2. The van der Waals surface area contributed by atoms with E-state index < -0.39 is 0 Å². The first-order chi connectivity index (χ1) is 9.00. The van der Waals surface area contributed by atoms with Crippen molar-refractivity contribution < 1.29 is 9.53 Å². The molecule has 4 rings (SSSR count). The monoisotopic (exact) mass is 259 g/mol. The largest absolute Gasteiger partial charge is 0.497 e. The number of methoxy groups -OCH3 is 1. The van der Waals surface area contributed by atoms with Crippen LogP contribution < -0.4 is 4.74 Å². The second kappa shape index (κ2) is 4.07. The van der Waals surface area contributed by atoms with Gasteiger partial charge in [0.1, 0.15) is 5.75 Å². The molecule has 1 aromatic rings. The Balaban J connectivity index is 1.67. The number of nitrogens with zero attached hydrogens (tertiary/aromatic N) is 1. The summed E-state index contributed by atoms with van der Waals surface area (Å²) in [5, 5.41) is 0. The van der Waals surface area contributed by atoms with E-state index in [0.717, 1.165) is 25.0 Å². The lowest BCUT2D eigenvalue weighted by Crippen LogP contribution is -2.68. The third-order valence-corrected chi connectivity index (χ3v) is 4.78. The van der Waals surface area contributed by atoms with E-state index >= 15 is 0 Å².